The molecule has 0 saturated heterocycles. The molecule has 1 unspecified atom stereocenters. The van der Waals surface area contributed by atoms with Gasteiger partial charge < -0.3 is 5.32 Å². The standard InChI is InChI=1S/C13H13BrN2O3S2/c1-8(16-13(17)11-6-7-12(14)20-11)9-2-4-10(5-3-9)21(15,18)19/h2-8H,1H3,(H,16,17)(H2,15,18,19). The number of sulfonamides is 1. The van der Waals surface area contributed by atoms with Gasteiger partial charge in [-0.3, -0.25) is 4.79 Å². The number of carbonyl (C=O) groups is 1. The Morgan fingerprint density at radius 1 is 1.24 bits per heavy atom. The predicted molar refractivity (Wildman–Crippen MR) is 85.7 cm³/mol. The Kier molecular flexibility index (Phi) is 4.82. The number of thiophene rings is 1. The molecule has 0 aliphatic rings. The van der Waals surface area contributed by atoms with Crippen molar-refractivity contribution in [2.24, 2.45) is 5.14 Å². The number of halogens is 1. The average Bonchev–Trinajstić information content (AvgIpc) is 2.84. The van der Waals surface area contributed by atoms with E-state index < -0.39 is 10.0 Å². The second kappa shape index (κ2) is 6.27. The van der Waals surface area contributed by atoms with Crippen LogP contribution in [0.25, 0.3) is 0 Å². The van der Waals surface area contributed by atoms with Crippen LogP contribution in [-0.4, -0.2) is 14.3 Å². The fourth-order valence-corrected chi connectivity index (χ4v) is 3.54. The van der Waals surface area contributed by atoms with Gasteiger partial charge in [0.15, 0.2) is 0 Å². The number of amides is 1. The molecule has 8 heteroatoms. The Morgan fingerprint density at radius 2 is 1.86 bits per heavy atom. The van der Waals surface area contributed by atoms with Crippen molar-refractivity contribution in [1.29, 1.82) is 0 Å². The number of nitrogens with two attached hydrogens (primary N) is 1. The van der Waals surface area contributed by atoms with Crippen LogP contribution in [0.5, 0.6) is 0 Å². The van der Waals surface area contributed by atoms with Crippen molar-refractivity contribution in [3.05, 3.63) is 50.6 Å². The maximum Gasteiger partial charge on any atom is 0.261 e. The molecular weight excluding hydrogens is 376 g/mol. The molecule has 0 aliphatic heterocycles. The Bertz CT molecular complexity index is 754. The molecule has 1 amide bonds. The fourth-order valence-electron chi connectivity index (χ4n) is 1.73. The van der Waals surface area contributed by atoms with Gasteiger partial charge >= 0.3 is 0 Å². The van der Waals surface area contributed by atoms with Gasteiger partial charge in [-0.2, -0.15) is 0 Å². The lowest BCUT2D eigenvalue weighted by molar-refractivity contribution is 0.0944. The Hall–Kier alpha value is -1.22. The summed E-state index contributed by atoms with van der Waals surface area (Å²) < 4.78 is 23.3. The van der Waals surface area contributed by atoms with Gasteiger partial charge in [0.25, 0.3) is 5.91 Å². The zero-order valence-corrected chi connectivity index (χ0v) is 14.3. The van der Waals surface area contributed by atoms with Crippen LogP contribution in [0.15, 0.2) is 45.1 Å². The van der Waals surface area contributed by atoms with Crippen LogP contribution >= 0.6 is 27.3 Å². The summed E-state index contributed by atoms with van der Waals surface area (Å²) >= 11 is 4.66. The third kappa shape index (κ3) is 4.13. The van der Waals surface area contributed by atoms with Crippen LogP contribution in [0.3, 0.4) is 0 Å². The van der Waals surface area contributed by atoms with Crippen LogP contribution in [0.4, 0.5) is 0 Å². The van der Waals surface area contributed by atoms with E-state index in [1.54, 1.807) is 18.2 Å². The fraction of sp³-hybridized carbons (Fsp3) is 0.154. The molecule has 112 valence electrons. The molecule has 3 N–H and O–H groups in total. The number of rotatable bonds is 4. The number of nitrogens with one attached hydrogen (secondary N) is 1. The highest BCUT2D eigenvalue weighted by Gasteiger charge is 2.14. The van der Waals surface area contributed by atoms with E-state index in [2.05, 4.69) is 21.2 Å². The molecule has 1 heterocycles. The summed E-state index contributed by atoms with van der Waals surface area (Å²) in [5.74, 6) is -0.172. The smallest absolute Gasteiger partial charge is 0.261 e. The second-order valence-corrected chi connectivity index (χ2v) is 8.44. The molecule has 5 nitrogen and oxygen atoms in total. The van der Waals surface area contributed by atoms with Crippen LogP contribution in [-0.2, 0) is 10.0 Å². The van der Waals surface area contributed by atoms with Gasteiger partial charge in [-0.1, -0.05) is 12.1 Å². The van der Waals surface area contributed by atoms with E-state index in [0.29, 0.717) is 4.88 Å². The minimum Gasteiger partial charge on any atom is -0.345 e. The number of hydrogen-bond donors (Lipinski definition) is 2. The second-order valence-electron chi connectivity index (χ2n) is 4.41. The molecule has 0 fully saturated rings. The van der Waals surface area contributed by atoms with Gasteiger partial charge in [0.05, 0.1) is 19.6 Å². The van der Waals surface area contributed by atoms with E-state index in [1.165, 1.54) is 23.5 Å². The summed E-state index contributed by atoms with van der Waals surface area (Å²) in [5.41, 5.74) is 0.798. The minimum absolute atomic E-state index is 0.0481. The highest BCUT2D eigenvalue weighted by molar-refractivity contribution is 9.11. The van der Waals surface area contributed by atoms with Gasteiger partial charge in [-0.15, -0.1) is 11.3 Å². The average molecular weight is 389 g/mol. The van der Waals surface area contributed by atoms with E-state index in [1.807, 2.05) is 13.0 Å². The molecule has 1 aromatic carbocycles. The normalized spacial score (nSPS) is 12.9. The Labute approximate surface area is 135 Å². The van der Waals surface area contributed by atoms with Gasteiger partial charge in [0.1, 0.15) is 0 Å². The number of hydrogen-bond acceptors (Lipinski definition) is 4. The summed E-state index contributed by atoms with van der Waals surface area (Å²) in [6.07, 6.45) is 0. The summed E-state index contributed by atoms with van der Waals surface area (Å²) in [5, 5.41) is 7.90. The van der Waals surface area contributed by atoms with Crippen molar-refractivity contribution in [1.82, 2.24) is 5.32 Å². The highest BCUT2D eigenvalue weighted by Crippen LogP contribution is 2.23. The third-order valence-corrected chi connectivity index (χ3v) is 5.40. The first-order valence-electron chi connectivity index (χ1n) is 5.96. The molecule has 0 spiro atoms. The van der Waals surface area contributed by atoms with Gasteiger partial charge in [-0.05, 0) is 52.7 Å². The molecule has 0 bridgehead atoms. The first-order chi connectivity index (χ1) is 9.77. The zero-order chi connectivity index (χ0) is 15.6. The van der Waals surface area contributed by atoms with E-state index in [0.717, 1.165) is 9.35 Å². The first-order valence-corrected chi connectivity index (χ1v) is 9.12. The molecule has 2 rings (SSSR count). The number of primary sulfonamides is 1. The number of carbonyl (C=O) groups excluding carboxylic acids is 1. The van der Waals surface area contributed by atoms with Crippen molar-refractivity contribution in [3.63, 3.8) is 0 Å². The molecular formula is C13H13BrN2O3S2. The third-order valence-electron chi connectivity index (χ3n) is 2.85. The summed E-state index contributed by atoms with van der Waals surface area (Å²) in [7, 11) is -3.70. The zero-order valence-electron chi connectivity index (χ0n) is 11.0. The lowest BCUT2D eigenvalue weighted by atomic mass is 10.1. The summed E-state index contributed by atoms with van der Waals surface area (Å²) in [4.78, 5) is 12.7. The summed E-state index contributed by atoms with van der Waals surface area (Å²) in [6, 6.07) is 9.42. The topological polar surface area (TPSA) is 89.3 Å². The van der Waals surface area contributed by atoms with E-state index >= 15 is 0 Å². The maximum atomic E-state index is 12.0. The van der Waals surface area contributed by atoms with Crippen molar-refractivity contribution in [2.75, 3.05) is 0 Å². The SMILES string of the molecule is CC(NC(=O)c1ccc(Br)s1)c1ccc(S(N)(=O)=O)cc1. The largest absolute Gasteiger partial charge is 0.345 e. The van der Waals surface area contributed by atoms with Crippen LogP contribution in [0.2, 0.25) is 0 Å². The van der Waals surface area contributed by atoms with E-state index in [4.69, 9.17) is 5.14 Å². The van der Waals surface area contributed by atoms with E-state index in [-0.39, 0.29) is 16.8 Å². The monoisotopic (exact) mass is 388 g/mol. The minimum atomic E-state index is -3.70. The summed E-state index contributed by atoms with van der Waals surface area (Å²) in [6.45, 7) is 1.83. The molecule has 21 heavy (non-hydrogen) atoms. The predicted octanol–water partition coefficient (Wildman–Crippen LogP) is 2.65. The van der Waals surface area contributed by atoms with Crippen molar-refractivity contribution >= 4 is 43.2 Å². The molecule has 0 saturated carbocycles. The molecule has 2 aromatic rings. The van der Waals surface area contributed by atoms with Crippen molar-refractivity contribution < 1.29 is 13.2 Å². The molecule has 0 radical (unpaired) electrons. The van der Waals surface area contributed by atoms with Crippen LogP contribution in [0, 0.1) is 0 Å². The van der Waals surface area contributed by atoms with E-state index in [9.17, 15) is 13.2 Å². The van der Waals surface area contributed by atoms with Gasteiger partial charge in [0.2, 0.25) is 10.0 Å². The first kappa shape index (κ1) is 16.2. The van der Waals surface area contributed by atoms with Crippen molar-refractivity contribution in [2.45, 2.75) is 17.9 Å². The molecule has 1 atom stereocenters. The van der Waals surface area contributed by atoms with Crippen LogP contribution < -0.4 is 10.5 Å². The molecule has 1 aromatic heterocycles. The van der Waals surface area contributed by atoms with Crippen molar-refractivity contribution in [3.8, 4) is 0 Å². The van der Waals surface area contributed by atoms with Gasteiger partial charge in [-0.25, -0.2) is 13.6 Å². The number of benzene rings is 1. The maximum absolute atomic E-state index is 12.0. The van der Waals surface area contributed by atoms with Crippen LogP contribution in [0.1, 0.15) is 28.2 Å². The Morgan fingerprint density at radius 3 is 2.33 bits per heavy atom. The Balaban J connectivity index is 2.10. The highest BCUT2D eigenvalue weighted by atomic mass is 79.9. The van der Waals surface area contributed by atoms with Gasteiger partial charge in [0, 0.05) is 0 Å². The molecule has 0 aliphatic carbocycles. The quantitative estimate of drug-likeness (QED) is 0.843. The lowest BCUT2D eigenvalue weighted by Gasteiger charge is -2.14. The lowest BCUT2D eigenvalue weighted by Crippen LogP contribution is -2.25.